The average Bonchev–Trinajstić information content (AvgIpc) is 2.92. The van der Waals surface area contributed by atoms with Crippen LogP contribution in [0.2, 0.25) is 5.15 Å². The fraction of sp³-hybridized carbons (Fsp3) is 0. The monoisotopic (exact) mass is 272 g/mol. The van der Waals surface area contributed by atoms with Crippen molar-refractivity contribution in [2.24, 2.45) is 0 Å². The molecule has 6 heteroatoms. The Morgan fingerprint density at radius 1 is 1.11 bits per heavy atom. The Morgan fingerprint density at radius 3 is 2.58 bits per heavy atom. The number of nitrogens with zero attached hydrogens (tertiary/aromatic N) is 3. The number of anilines is 1. The molecule has 0 amide bonds. The number of hydrogen-bond acceptors (Lipinski definition) is 5. The van der Waals surface area contributed by atoms with E-state index in [4.69, 9.17) is 21.8 Å². The van der Waals surface area contributed by atoms with Crippen molar-refractivity contribution in [2.75, 3.05) is 5.73 Å². The first-order valence-corrected chi connectivity index (χ1v) is 5.91. The first-order chi connectivity index (χ1) is 9.25. The molecule has 0 saturated carbocycles. The number of hydrogen-bond donors (Lipinski definition) is 1. The molecule has 3 aromatic rings. The summed E-state index contributed by atoms with van der Waals surface area (Å²) in [5, 5.41) is 0.283. The van der Waals surface area contributed by atoms with Crippen LogP contribution in [0.25, 0.3) is 22.6 Å². The maximum absolute atomic E-state index is 6.19. The van der Waals surface area contributed by atoms with Gasteiger partial charge < -0.3 is 10.2 Å². The summed E-state index contributed by atoms with van der Waals surface area (Å²) in [5.74, 6) is 0.692. The van der Waals surface area contributed by atoms with Crippen molar-refractivity contribution in [1.29, 1.82) is 0 Å². The second-order valence-electron chi connectivity index (χ2n) is 3.81. The van der Waals surface area contributed by atoms with E-state index in [0.29, 0.717) is 17.0 Å². The van der Waals surface area contributed by atoms with Gasteiger partial charge in [0.1, 0.15) is 10.8 Å². The largest absolute Gasteiger partial charge is 0.463 e. The van der Waals surface area contributed by atoms with Crippen LogP contribution in [0.4, 0.5) is 5.95 Å². The third-order valence-corrected chi connectivity index (χ3v) is 2.88. The van der Waals surface area contributed by atoms with Gasteiger partial charge in [0, 0.05) is 18.0 Å². The summed E-state index contributed by atoms with van der Waals surface area (Å²) in [6.07, 6.45) is 4.92. The highest BCUT2D eigenvalue weighted by molar-refractivity contribution is 6.32. The molecule has 0 aliphatic carbocycles. The maximum Gasteiger partial charge on any atom is 0.222 e. The highest BCUT2D eigenvalue weighted by Crippen LogP contribution is 2.35. The van der Waals surface area contributed by atoms with Crippen LogP contribution in [0, 0.1) is 0 Å². The van der Waals surface area contributed by atoms with Gasteiger partial charge in [-0.2, -0.15) is 0 Å². The molecule has 0 fully saturated rings. The van der Waals surface area contributed by atoms with Crippen molar-refractivity contribution < 1.29 is 4.42 Å². The van der Waals surface area contributed by atoms with E-state index in [2.05, 4.69) is 15.0 Å². The minimum atomic E-state index is 0.106. The van der Waals surface area contributed by atoms with Crippen molar-refractivity contribution in [3.63, 3.8) is 0 Å². The molecule has 3 rings (SSSR count). The Balaban J connectivity index is 2.29. The topological polar surface area (TPSA) is 77.8 Å². The molecule has 2 N–H and O–H groups in total. The SMILES string of the molecule is Nc1nc(Cl)c(-c2ccncc2)c(-c2ccco2)n1. The summed E-state index contributed by atoms with van der Waals surface area (Å²) in [4.78, 5) is 12.2. The van der Waals surface area contributed by atoms with Crippen LogP contribution in [0.1, 0.15) is 0 Å². The van der Waals surface area contributed by atoms with E-state index in [0.717, 1.165) is 5.56 Å². The second kappa shape index (κ2) is 4.70. The summed E-state index contributed by atoms with van der Waals surface area (Å²) in [5.41, 5.74) is 7.74. The Bertz CT molecular complexity index is 698. The number of furan rings is 1. The average molecular weight is 273 g/mol. The zero-order valence-corrected chi connectivity index (χ0v) is 10.5. The van der Waals surface area contributed by atoms with Crippen molar-refractivity contribution in [1.82, 2.24) is 15.0 Å². The molecule has 0 radical (unpaired) electrons. The number of aromatic nitrogens is 3. The quantitative estimate of drug-likeness (QED) is 0.726. The molecule has 0 bridgehead atoms. The number of halogens is 1. The minimum Gasteiger partial charge on any atom is -0.463 e. The number of pyridine rings is 1. The highest BCUT2D eigenvalue weighted by Gasteiger charge is 2.17. The summed E-state index contributed by atoms with van der Waals surface area (Å²) in [6.45, 7) is 0. The third kappa shape index (κ3) is 2.15. The standard InChI is InChI=1S/C13H9ClN4O/c14-12-10(8-3-5-16-6-4-8)11(17-13(15)18-12)9-2-1-7-19-9/h1-7H,(H2,15,17,18). The van der Waals surface area contributed by atoms with Crippen LogP contribution >= 0.6 is 11.6 Å². The summed E-state index contributed by atoms with van der Waals surface area (Å²) >= 11 is 6.19. The third-order valence-electron chi connectivity index (χ3n) is 2.61. The smallest absolute Gasteiger partial charge is 0.222 e. The zero-order chi connectivity index (χ0) is 13.2. The van der Waals surface area contributed by atoms with Gasteiger partial charge in [-0.25, -0.2) is 9.97 Å². The lowest BCUT2D eigenvalue weighted by Crippen LogP contribution is -2.00. The second-order valence-corrected chi connectivity index (χ2v) is 4.17. The molecule has 0 saturated heterocycles. The lowest BCUT2D eigenvalue weighted by molar-refractivity contribution is 0.580. The highest BCUT2D eigenvalue weighted by atomic mass is 35.5. The Morgan fingerprint density at radius 2 is 1.89 bits per heavy atom. The molecule has 19 heavy (non-hydrogen) atoms. The lowest BCUT2D eigenvalue weighted by atomic mass is 10.1. The van der Waals surface area contributed by atoms with E-state index in [-0.39, 0.29) is 11.1 Å². The minimum absolute atomic E-state index is 0.106. The van der Waals surface area contributed by atoms with Crippen LogP contribution in [-0.2, 0) is 0 Å². The van der Waals surface area contributed by atoms with Gasteiger partial charge in [0.15, 0.2) is 5.76 Å². The molecule has 3 heterocycles. The normalized spacial score (nSPS) is 10.6. The van der Waals surface area contributed by atoms with Crippen molar-refractivity contribution in [3.05, 3.63) is 48.1 Å². The van der Waals surface area contributed by atoms with Gasteiger partial charge in [0.25, 0.3) is 0 Å². The first kappa shape index (κ1) is 11.7. The molecule has 0 aliphatic heterocycles. The molecular weight excluding hydrogens is 264 g/mol. The Hall–Kier alpha value is -2.40. The van der Waals surface area contributed by atoms with Crippen molar-refractivity contribution >= 4 is 17.5 Å². The Labute approximate surface area is 114 Å². The number of nitrogens with two attached hydrogens (primary N) is 1. The fourth-order valence-corrected chi connectivity index (χ4v) is 2.10. The van der Waals surface area contributed by atoms with Gasteiger partial charge in [0.05, 0.1) is 6.26 Å². The van der Waals surface area contributed by atoms with E-state index < -0.39 is 0 Å². The molecule has 0 spiro atoms. The van der Waals surface area contributed by atoms with Crippen LogP contribution in [0.5, 0.6) is 0 Å². The lowest BCUT2D eigenvalue weighted by Gasteiger charge is -2.09. The summed E-state index contributed by atoms with van der Waals surface area (Å²) in [6, 6.07) is 7.22. The van der Waals surface area contributed by atoms with E-state index in [1.165, 1.54) is 0 Å². The molecule has 0 aliphatic rings. The van der Waals surface area contributed by atoms with Crippen LogP contribution in [-0.4, -0.2) is 15.0 Å². The zero-order valence-electron chi connectivity index (χ0n) is 9.75. The van der Waals surface area contributed by atoms with Crippen LogP contribution in [0.3, 0.4) is 0 Å². The van der Waals surface area contributed by atoms with Gasteiger partial charge in [-0.3, -0.25) is 4.98 Å². The molecular formula is C13H9ClN4O. The van der Waals surface area contributed by atoms with Crippen LogP contribution in [0.15, 0.2) is 47.3 Å². The molecule has 0 aromatic carbocycles. The van der Waals surface area contributed by atoms with Gasteiger partial charge in [0.2, 0.25) is 5.95 Å². The maximum atomic E-state index is 6.19. The van der Waals surface area contributed by atoms with Crippen molar-refractivity contribution in [2.45, 2.75) is 0 Å². The first-order valence-electron chi connectivity index (χ1n) is 5.53. The molecule has 0 atom stereocenters. The summed E-state index contributed by atoms with van der Waals surface area (Å²) < 4.78 is 5.37. The van der Waals surface area contributed by atoms with Crippen molar-refractivity contribution in [3.8, 4) is 22.6 Å². The predicted octanol–water partition coefficient (Wildman–Crippen LogP) is 3.03. The van der Waals surface area contributed by atoms with E-state index in [1.807, 2.05) is 12.1 Å². The van der Waals surface area contributed by atoms with Gasteiger partial charge >= 0.3 is 0 Å². The molecule has 94 valence electrons. The van der Waals surface area contributed by atoms with Gasteiger partial charge in [-0.05, 0) is 29.8 Å². The predicted molar refractivity (Wildman–Crippen MR) is 72.4 cm³/mol. The number of rotatable bonds is 2. The number of nitrogen functional groups attached to an aromatic ring is 1. The fourth-order valence-electron chi connectivity index (χ4n) is 1.82. The molecule has 0 unspecified atom stereocenters. The van der Waals surface area contributed by atoms with Gasteiger partial charge in [-0.15, -0.1) is 0 Å². The van der Waals surface area contributed by atoms with E-state index in [9.17, 15) is 0 Å². The molecule has 5 nitrogen and oxygen atoms in total. The summed E-state index contributed by atoms with van der Waals surface area (Å²) in [7, 11) is 0. The van der Waals surface area contributed by atoms with Crippen LogP contribution < -0.4 is 5.73 Å². The van der Waals surface area contributed by atoms with Gasteiger partial charge in [-0.1, -0.05) is 11.6 Å². The molecule has 3 aromatic heterocycles. The Kier molecular flexibility index (Phi) is 2.89. The van der Waals surface area contributed by atoms with E-state index in [1.54, 1.807) is 30.8 Å². The van der Waals surface area contributed by atoms with E-state index >= 15 is 0 Å².